The molecule has 1 N–H and O–H groups in total. The Balaban J connectivity index is 2.37. The summed E-state index contributed by atoms with van der Waals surface area (Å²) in [6, 6.07) is 3.45. The standard InChI is InChI=1S/C14H14ClFN2/c1-2-17-13-8-4-3-5-11(8)18-14-9(13)6-7-10(15)12(14)16/h6-7H,2-5H2,1H3,(H,17,18). The lowest BCUT2D eigenvalue weighted by atomic mass is 10.1. The van der Waals surface area contributed by atoms with Crippen LogP contribution in [-0.4, -0.2) is 11.5 Å². The number of anilines is 1. The largest absolute Gasteiger partial charge is 0.384 e. The van der Waals surface area contributed by atoms with E-state index in [1.165, 1.54) is 5.56 Å². The van der Waals surface area contributed by atoms with Crippen LogP contribution < -0.4 is 5.32 Å². The van der Waals surface area contributed by atoms with E-state index >= 15 is 0 Å². The number of hydrogen-bond donors (Lipinski definition) is 1. The first-order chi connectivity index (χ1) is 8.72. The molecule has 0 saturated heterocycles. The molecule has 0 aliphatic heterocycles. The van der Waals surface area contributed by atoms with Crippen LogP contribution in [0.15, 0.2) is 12.1 Å². The molecule has 0 fully saturated rings. The number of aryl methyl sites for hydroxylation is 1. The van der Waals surface area contributed by atoms with Crippen molar-refractivity contribution in [3.63, 3.8) is 0 Å². The minimum atomic E-state index is -0.414. The number of rotatable bonds is 2. The van der Waals surface area contributed by atoms with Gasteiger partial charge in [-0.1, -0.05) is 11.6 Å². The third kappa shape index (κ3) is 1.65. The van der Waals surface area contributed by atoms with Crippen LogP contribution in [0.25, 0.3) is 10.9 Å². The number of benzene rings is 1. The molecule has 1 aromatic heterocycles. The minimum absolute atomic E-state index is 0.135. The number of halogens is 2. The third-order valence-electron chi connectivity index (χ3n) is 3.43. The normalized spacial score (nSPS) is 13.9. The van der Waals surface area contributed by atoms with Gasteiger partial charge in [0.15, 0.2) is 5.82 Å². The maximum Gasteiger partial charge on any atom is 0.168 e. The number of nitrogens with one attached hydrogen (secondary N) is 1. The quantitative estimate of drug-likeness (QED) is 0.888. The Kier molecular flexibility index (Phi) is 2.86. The lowest BCUT2D eigenvalue weighted by Gasteiger charge is -2.14. The van der Waals surface area contributed by atoms with Crippen LogP contribution in [0.3, 0.4) is 0 Å². The van der Waals surface area contributed by atoms with Gasteiger partial charge in [-0.25, -0.2) is 9.37 Å². The van der Waals surface area contributed by atoms with Gasteiger partial charge in [0.2, 0.25) is 0 Å². The van der Waals surface area contributed by atoms with Gasteiger partial charge in [-0.05, 0) is 43.9 Å². The maximum atomic E-state index is 14.1. The summed E-state index contributed by atoms with van der Waals surface area (Å²) in [6.45, 7) is 2.86. The van der Waals surface area contributed by atoms with Gasteiger partial charge in [0.1, 0.15) is 5.52 Å². The Morgan fingerprint density at radius 3 is 3.00 bits per heavy atom. The molecule has 1 heterocycles. The van der Waals surface area contributed by atoms with E-state index in [-0.39, 0.29) is 5.02 Å². The zero-order valence-electron chi connectivity index (χ0n) is 10.2. The summed E-state index contributed by atoms with van der Waals surface area (Å²) in [5.41, 5.74) is 3.68. The van der Waals surface area contributed by atoms with Crippen molar-refractivity contribution in [3.05, 3.63) is 34.2 Å². The van der Waals surface area contributed by atoms with Gasteiger partial charge < -0.3 is 5.32 Å². The number of fused-ring (bicyclic) bond motifs is 2. The zero-order valence-corrected chi connectivity index (χ0v) is 10.9. The van der Waals surface area contributed by atoms with Gasteiger partial charge in [-0.15, -0.1) is 0 Å². The van der Waals surface area contributed by atoms with Crippen molar-refractivity contribution >= 4 is 28.2 Å². The van der Waals surface area contributed by atoms with Crippen molar-refractivity contribution in [1.82, 2.24) is 4.98 Å². The Bertz CT molecular complexity index is 625. The average molecular weight is 265 g/mol. The Labute approximate surface area is 110 Å². The van der Waals surface area contributed by atoms with Crippen molar-refractivity contribution in [2.45, 2.75) is 26.2 Å². The third-order valence-corrected chi connectivity index (χ3v) is 3.72. The van der Waals surface area contributed by atoms with Crippen molar-refractivity contribution in [1.29, 1.82) is 0 Å². The van der Waals surface area contributed by atoms with E-state index in [9.17, 15) is 4.39 Å². The highest BCUT2D eigenvalue weighted by Gasteiger charge is 2.21. The van der Waals surface area contributed by atoms with E-state index in [0.29, 0.717) is 5.52 Å². The van der Waals surface area contributed by atoms with Crippen molar-refractivity contribution < 1.29 is 4.39 Å². The predicted molar refractivity (Wildman–Crippen MR) is 72.9 cm³/mol. The summed E-state index contributed by atoms with van der Waals surface area (Å²) in [7, 11) is 0. The number of pyridine rings is 1. The molecule has 18 heavy (non-hydrogen) atoms. The SMILES string of the molecule is CCNc1c2c(nc3c(F)c(Cl)ccc13)CCC2. The highest BCUT2D eigenvalue weighted by molar-refractivity contribution is 6.31. The molecule has 0 radical (unpaired) electrons. The number of aromatic nitrogens is 1. The molecule has 3 rings (SSSR count). The van der Waals surface area contributed by atoms with Crippen LogP contribution in [0.1, 0.15) is 24.6 Å². The molecule has 2 nitrogen and oxygen atoms in total. The number of nitrogens with zero attached hydrogens (tertiary/aromatic N) is 1. The summed E-state index contributed by atoms with van der Waals surface area (Å²) in [4.78, 5) is 4.46. The Morgan fingerprint density at radius 2 is 2.22 bits per heavy atom. The average Bonchev–Trinajstić information content (AvgIpc) is 2.82. The van der Waals surface area contributed by atoms with Crippen LogP contribution in [0, 0.1) is 5.82 Å². The fourth-order valence-electron chi connectivity index (χ4n) is 2.65. The minimum Gasteiger partial charge on any atom is -0.384 e. The van der Waals surface area contributed by atoms with E-state index in [2.05, 4.69) is 10.3 Å². The van der Waals surface area contributed by atoms with E-state index < -0.39 is 5.82 Å². The molecular formula is C14H14ClFN2. The first kappa shape index (κ1) is 11.7. The summed E-state index contributed by atoms with van der Waals surface area (Å²) < 4.78 is 14.1. The Hall–Kier alpha value is -1.35. The molecule has 0 amide bonds. The monoisotopic (exact) mass is 264 g/mol. The lowest BCUT2D eigenvalue weighted by Crippen LogP contribution is -2.04. The lowest BCUT2D eigenvalue weighted by molar-refractivity contribution is 0.636. The highest BCUT2D eigenvalue weighted by Crippen LogP contribution is 2.36. The second-order valence-electron chi connectivity index (χ2n) is 4.55. The van der Waals surface area contributed by atoms with Crippen LogP contribution >= 0.6 is 11.6 Å². The van der Waals surface area contributed by atoms with E-state index in [1.807, 2.05) is 13.0 Å². The summed E-state index contributed by atoms with van der Waals surface area (Å²) >= 11 is 5.83. The zero-order chi connectivity index (χ0) is 12.7. The van der Waals surface area contributed by atoms with Crippen molar-refractivity contribution in [2.24, 2.45) is 0 Å². The Morgan fingerprint density at radius 1 is 1.39 bits per heavy atom. The molecule has 1 aliphatic carbocycles. The van der Waals surface area contributed by atoms with Crippen LogP contribution in [0.4, 0.5) is 10.1 Å². The van der Waals surface area contributed by atoms with Gasteiger partial charge in [0, 0.05) is 23.3 Å². The molecule has 1 aliphatic rings. The summed E-state index contributed by atoms with van der Waals surface area (Å²) in [5.74, 6) is -0.414. The van der Waals surface area contributed by atoms with Gasteiger partial charge in [0.25, 0.3) is 0 Å². The van der Waals surface area contributed by atoms with Gasteiger partial charge in [-0.2, -0.15) is 0 Å². The van der Waals surface area contributed by atoms with Gasteiger partial charge in [-0.3, -0.25) is 0 Å². The van der Waals surface area contributed by atoms with Crippen LogP contribution in [0.5, 0.6) is 0 Å². The molecule has 94 valence electrons. The van der Waals surface area contributed by atoms with Crippen molar-refractivity contribution in [2.75, 3.05) is 11.9 Å². The van der Waals surface area contributed by atoms with Gasteiger partial charge >= 0.3 is 0 Å². The predicted octanol–water partition coefficient (Wildman–Crippen LogP) is 3.95. The molecule has 0 unspecified atom stereocenters. The second kappa shape index (κ2) is 4.39. The molecule has 4 heteroatoms. The smallest absolute Gasteiger partial charge is 0.168 e. The van der Waals surface area contributed by atoms with Crippen LogP contribution in [-0.2, 0) is 12.8 Å². The van der Waals surface area contributed by atoms with E-state index in [1.54, 1.807) is 6.07 Å². The fourth-order valence-corrected chi connectivity index (χ4v) is 2.80. The van der Waals surface area contributed by atoms with Crippen LogP contribution in [0.2, 0.25) is 5.02 Å². The molecule has 2 aromatic rings. The summed E-state index contributed by atoms with van der Waals surface area (Å²) in [6.07, 6.45) is 3.03. The molecule has 1 aromatic carbocycles. The first-order valence-electron chi connectivity index (χ1n) is 6.25. The number of hydrogen-bond acceptors (Lipinski definition) is 2. The molecule has 0 spiro atoms. The van der Waals surface area contributed by atoms with E-state index in [0.717, 1.165) is 42.6 Å². The first-order valence-corrected chi connectivity index (χ1v) is 6.63. The fraction of sp³-hybridized carbons (Fsp3) is 0.357. The molecule has 0 bridgehead atoms. The summed E-state index contributed by atoms with van der Waals surface area (Å²) in [5, 5.41) is 4.32. The highest BCUT2D eigenvalue weighted by atomic mass is 35.5. The maximum absolute atomic E-state index is 14.1. The van der Waals surface area contributed by atoms with Gasteiger partial charge in [0.05, 0.1) is 5.02 Å². The second-order valence-corrected chi connectivity index (χ2v) is 4.96. The molecular weight excluding hydrogens is 251 g/mol. The molecule has 0 atom stereocenters. The molecule has 0 saturated carbocycles. The van der Waals surface area contributed by atoms with Crippen molar-refractivity contribution in [3.8, 4) is 0 Å². The van der Waals surface area contributed by atoms with E-state index in [4.69, 9.17) is 11.6 Å². The topological polar surface area (TPSA) is 24.9 Å².